The van der Waals surface area contributed by atoms with Crippen LogP contribution < -0.4 is 0 Å². The normalized spacial score (nSPS) is 13.2. The Morgan fingerprint density at radius 1 is 0.373 bits per heavy atom. The van der Waals surface area contributed by atoms with E-state index in [0.29, 0.717) is 0 Å². The van der Waals surface area contributed by atoms with Crippen molar-refractivity contribution in [1.82, 2.24) is 18.4 Å². The zero-order chi connectivity index (χ0) is 44.8. The molecule has 15 rings (SSSR count). The minimum absolute atomic E-state index is 0.0219. The highest BCUT2D eigenvalue weighted by atomic mass is 15.0. The van der Waals surface area contributed by atoms with Gasteiger partial charge in [0.1, 0.15) is 5.65 Å². The molecule has 0 aliphatic heterocycles. The number of aromatic nitrogens is 4. The Hall–Kier alpha value is -7.95. The highest BCUT2D eigenvalue weighted by Gasteiger charge is 2.29. The van der Waals surface area contributed by atoms with Crippen LogP contribution in [-0.2, 0) is 10.8 Å². The zero-order valence-electron chi connectivity index (χ0n) is 38.5. The van der Waals surface area contributed by atoms with Crippen LogP contribution >= 0.6 is 0 Å². The van der Waals surface area contributed by atoms with E-state index in [1.54, 1.807) is 0 Å². The van der Waals surface area contributed by atoms with Gasteiger partial charge in [0.2, 0.25) is 0 Å². The lowest BCUT2D eigenvalue weighted by atomic mass is 9.83. The van der Waals surface area contributed by atoms with Crippen LogP contribution in [0.15, 0.2) is 170 Å². The van der Waals surface area contributed by atoms with Gasteiger partial charge in [0.05, 0.1) is 44.1 Å². The van der Waals surface area contributed by atoms with Crippen LogP contribution in [0.1, 0.15) is 52.7 Å². The minimum atomic E-state index is -0.0893. The molecule has 0 N–H and O–H groups in total. The number of nitrogens with zero attached hydrogens (tertiary/aromatic N) is 4. The van der Waals surface area contributed by atoms with Gasteiger partial charge in [-0.1, -0.05) is 139 Å². The van der Waals surface area contributed by atoms with Crippen LogP contribution in [0.5, 0.6) is 0 Å². The highest BCUT2D eigenvalue weighted by molar-refractivity contribution is 6.35. The van der Waals surface area contributed by atoms with Crippen LogP contribution in [0.4, 0.5) is 0 Å². The first-order chi connectivity index (χ1) is 32.5. The predicted molar refractivity (Wildman–Crippen MR) is 286 cm³/mol. The molecule has 0 radical (unpaired) electrons. The van der Waals surface area contributed by atoms with Crippen molar-refractivity contribution >= 4 is 120 Å². The fraction of sp³-hybridized carbons (Fsp3) is 0.127. The van der Waals surface area contributed by atoms with E-state index in [1.807, 2.05) is 0 Å². The number of rotatable bonds is 2. The molecule has 0 aliphatic carbocycles. The summed E-state index contributed by atoms with van der Waals surface area (Å²) in [5.74, 6) is 0. The molecular weight excluding hydrogens is 813 g/mol. The van der Waals surface area contributed by atoms with E-state index in [9.17, 15) is 0 Å². The highest BCUT2D eigenvalue weighted by Crippen LogP contribution is 2.50. The topological polar surface area (TPSA) is 26.6 Å². The molecule has 0 unspecified atom stereocenters. The maximum Gasteiger partial charge on any atom is 0.146 e. The van der Waals surface area contributed by atoms with Gasteiger partial charge in [0, 0.05) is 59.7 Å². The molecule has 0 fully saturated rings. The Balaban J connectivity index is 1.12. The summed E-state index contributed by atoms with van der Waals surface area (Å²) < 4.78 is 7.47. The zero-order valence-corrected chi connectivity index (χ0v) is 38.5. The summed E-state index contributed by atoms with van der Waals surface area (Å²) in [6.45, 7) is 14.0. The molecule has 0 aliphatic rings. The Labute approximate surface area is 386 Å². The van der Waals surface area contributed by atoms with Crippen molar-refractivity contribution in [3.05, 3.63) is 181 Å². The van der Waals surface area contributed by atoms with Crippen LogP contribution in [0.25, 0.3) is 137 Å². The average Bonchev–Trinajstić information content (AvgIpc) is 4.12. The van der Waals surface area contributed by atoms with E-state index in [0.717, 1.165) is 16.7 Å². The van der Waals surface area contributed by atoms with E-state index >= 15 is 0 Å². The molecule has 4 heteroatoms. The summed E-state index contributed by atoms with van der Waals surface area (Å²) in [6, 6.07) is 64.1. The van der Waals surface area contributed by atoms with Gasteiger partial charge in [-0.15, -0.1) is 0 Å². The van der Waals surface area contributed by atoms with Crippen molar-refractivity contribution in [3.63, 3.8) is 0 Å². The van der Waals surface area contributed by atoms with Crippen LogP contribution in [0.3, 0.4) is 0 Å². The van der Waals surface area contributed by atoms with E-state index in [-0.39, 0.29) is 10.8 Å². The van der Waals surface area contributed by atoms with Gasteiger partial charge < -0.3 is 8.97 Å². The van der Waals surface area contributed by atoms with Crippen LogP contribution in [-0.4, -0.2) is 18.4 Å². The molecule has 4 nitrogen and oxygen atoms in total. The summed E-state index contributed by atoms with van der Waals surface area (Å²) in [4.78, 5) is 5.89. The monoisotopic (exact) mass is 858 g/mol. The Morgan fingerprint density at radius 3 is 1.73 bits per heavy atom. The molecule has 318 valence electrons. The maximum atomic E-state index is 5.89. The molecule has 15 aromatic rings. The molecule has 0 saturated heterocycles. The van der Waals surface area contributed by atoms with Gasteiger partial charge in [-0.2, -0.15) is 0 Å². The minimum Gasteiger partial charge on any atom is -0.309 e. The van der Waals surface area contributed by atoms with Gasteiger partial charge in [-0.05, 0) is 122 Å². The number of para-hydroxylation sites is 2. The second-order valence-electron chi connectivity index (χ2n) is 21.2. The van der Waals surface area contributed by atoms with Gasteiger partial charge in [-0.25, -0.2) is 4.98 Å². The van der Waals surface area contributed by atoms with Crippen molar-refractivity contribution in [3.8, 4) is 16.8 Å². The van der Waals surface area contributed by atoms with Crippen LogP contribution in [0.2, 0.25) is 0 Å². The van der Waals surface area contributed by atoms with Crippen molar-refractivity contribution < 1.29 is 0 Å². The lowest BCUT2D eigenvalue weighted by molar-refractivity contribution is 0.591. The number of pyridine rings is 1. The largest absolute Gasteiger partial charge is 0.309 e. The van der Waals surface area contributed by atoms with Gasteiger partial charge in [-0.3, -0.25) is 4.40 Å². The molecule has 0 atom stereocenters. The molecule has 6 heterocycles. The summed E-state index contributed by atoms with van der Waals surface area (Å²) in [5, 5.41) is 16.4. The Bertz CT molecular complexity index is 4620. The quantitative estimate of drug-likeness (QED) is 0.170. The lowest BCUT2D eigenvalue weighted by Gasteiger charge is -2.21. The molecule has 0 bridgehead atoms. The van der Waals surface area contributed by atoms with Crippen LogP contribution in [0, 0.1) is 0 Å². The SMILES string of the molecule is CC(C)(C)c1ccc2c(c1)c1c3ccccc3cc3c4cc5c(nc4n2c31)c1cc2ccccc2c2c3cc(C(C)(C)C)cc(-c4ccc6c(c4)c4ccccc4n6-c4ccccc4)c3n5c12. The molecule has 6 aromatic heterocycles. The Morgan fingerprint density at radius 2 is 0.985 bits per heavy atom. The van der Waals surface area contributed by atoms with Crippen molar-refractivity contribution in [2.45, 2.75) is 52.4 Å². The summed E-state index contributed by atoms with van der Waals surface area (Å²) in [6.07, 6.45) is 0. The summed E-state index contributed by atoms with van der Waals surface area (Å²) in [7, 11) is 0. The second-order valence-corrected chi connectivity index (χ2v) is 21.2. The maximum absolute atomic E-state index is 5.89. The van der Waals surface area contributed by atoms with Gasteiger partial charge in [0.25, 0.3) is 0 Å². The number of benzene rings is 9. The van der Waals surface area contributed by atoms with E-state index in [1.165, 1.54) is 131 Å². The summed E-state index contributed by atoms with van der Waals surface area (Å²) >= 11 is 0. The van der Waals surface area contributed by atoms with Crippen molar-refractivity contribution in [2.75, 3.05) is 0 Å². The fourth-order valence-electron chi connectivity index (χ4n) is 12.1. The molecule has 0 spiro atoms. The molecular formula is C63H46N4. The van der Waals surface area contributed by atoms with Crippen molar-refractivity contribution in [2.24, 2.45) is 0 Å². The van der Waals surface area contributed by atoms with Crippen molar-refractivity contribution in [1.29, 1.82) is 0 Å². The average molecular weight is 859 g/mol. The fourth-order valence-corrected chi connectivity index (χ4v) is 12.1. The Kier molecular flexibility index (Phi) is 6.94. The summed E-state index contributed by atoms with van der Waals surface area (Å²) in [5.41, 5.74) is 16.7. The molecule has 0 amide bonds. The third-order valence-electron chi connectivity index (χ3n) is 15.3. The van der Waals surface area contributed by atoms with Gasteiger partial charge in [0.15, 0.2) is 0 Å². The standard InChI is InChI=1S/C63H46N4/c1-62(2,3)38-25-27-53-48(31-38)55-41-20-12-10-16-35(41)29-46-47-34-54-57(64-61(47)67(53)59(46)55)50-30-36-17-11-13-21-42(36)56-49-33-39(63(4,5)6)32-44(58(49)66(54)60(50)56)37-24-26-52-45(28-37)43-22-14-15-23-51(43)65(52)40-18-8-7-9-19-40/h7-34H,1-6H3. The first-order valence-electron chi connectivity index (χ1n) is 23.7. The third-order valence-corrected chi connectivity index (χ3v) is 15.3. The van der Waals surface area contributed by atoms with E-state index < -0.39 is 0 Å². The predicted octanol–water partition coefficient (Wildman–Crippen LogP) is 17.0. The third kappa shape index (κ3) is 4.79. The number of hydrogen-bond donors (Lipinski definition) is 0. The molecule has 9 aromatic carbocycles. The number of hydrogen-bond acceptors (Lipinski definition) is 1. The molecule has 67 heavy (non-hydrogen) atoms. The van der Waals surface area contributed by atoms with E-state index in [4.69, 9.17) is 4.98 Å². The molecule has 0 saturated carbocycles. The van der Waals surface area contributed by atoms with Gasteiger partial charge >= 0.3 is 0 Å². The smallest absolute Gasteiger partial charge is 0.146 e. The van der Waals surface area contributed by atoms with E-state index in [2.05, 4.69) is 225 Å². The lowest BCUT2D eigenvalue weighted by Crippen LogP contribution is -2.11. The second kappa shape index (κ2) is 12.5. The number of fused-ring (bicyclic) bond motifs is 19. The first kappa shape index (κ1) is 37.3. The first-order valence-corrected chi connectivity index (χ1v) is 23.7.